The fourth-order valence-electron chi connectivity index (χ4n) is 2.97. The van der Waals surface area contributed by atoms with Gasteiger partial charge in [-0.2, -0.15) is 0 Å². The largest absolute Gasteiger partial charge is 0.351 e. The number of fused-ring (bicyclic) bond motifs is 1. The van der Waals surface area contributed by atoms with E-state index >= 15 is 0 Å². The maximum Gasteiger partial charge on any atom is 0.253 e. The maximum atomic E-state index is 13.3. The molecule has 1 aromatic carbocycles. The molecule has 0 bridgehead atoms. The van der Waals surface area contributed by atoms with Gasteiger partial charge in [0.1, 0.15) is 5.82 Å². The monoisotopic (exact) mass is 331 g/mol. The quantitative estimate of drug-likeness (QED) is 0.881. The fraction of sp³-hybridized carbons (Fsp3) is 0.474. The predicted octanol–water partition coefficient (Wildman–Crippen LogP) is 3.53. The number of amides is 1. The molecule has 2 aromatic rings. The van der Waals surface area contributed by atoms with Crippen molar-refractivity contribution in [3.8, 4) is 0 Å². The fourth-order valence-corrected chi connectivity index (χ4v) is 2.97. The third-order valence-electron chi connectivity index (χ3n) is 4.20. The molecule has 0 aliphatic carbocycles. The molecular weight excluding hydrogens is 305 g/mol. The van der Waals surface area contributed by atoms with Crippen LogP contribution in [0, 0.1) is 12.7 Å². The van der Waals surface area contributed by atoms with Crippen LogP contribution in [0.15, 0.2) is 24.3 Å². The minimum atomic E-state index is -0.325. The van der Waals surface area contributed by atoms with Crippen LogP contribution in [0.2, 0.25) is 0 Å². The summed E-state index contributed by atoms with van der Waals surface area (Å²) in [5.74, 6) is -0.465. The molecular formula is C19H26FN3O. The first-order valence-electron chi connectivity index (χ1n) is 8.40. The Morgan fingerprint density at radius 1 is 1.21 bits per heavy atom. The van der Waals surface area contributed by atoms with Gasteiger partial charge in [0.15, 0.2) is 0 Å². The molecule has 1 amide bonds. The smallest absolute Gasteiger partial charge is 0.253 e. The van der Waals surface area contributed by atoms with Gasteiger partial charge in [0.25, 0.3) is 5.91 Å². The van der Waals surface area contributed by atoms with Gasteiger partial charge < -0.3 is 5.32 Å². The Balaban J connectivity index is 2.08. The van der Waals surface area contributed by atoms with Crippen LogP contribution >= 0.6 is 0 Å². The Bertz CT molecular complexity index is 720. The third-order valence-corrected chi connectivity index (χ3v) is 4.20. The van der Waals surface area contributed by atoms with Crippen molar-refractivity contribution in [2.75, 3.05) is 13.1 Å². The van der Waals surface area contributed by atoms with Crippen LogP contribution in [0.1, 0.15) is 43.7 Å². The zero-order chi connectivity index (χ0) is 17.9. The highest BCUT2D eigenvalue weighted by Crippen LogP contribution is 2.17. The number of halogens is 1. The van der Waals surface area contributed by atoms with E-state index in [1.807, 2.05) is 0 Å². The van der Waals surface area contributed by atoms with Gasteiger partial charge in [0.2, 0.25) is 0 Å². The van der Waals surface area contributed by atoms with Crippen LogP contribution in [0.3, 0.4) is 0 Å². The normalized spacial score (nSPS) is 11.7. The summed E-state index contributed by atoms with van der Waals surface area (Å²) >= 11 is 0. The first-order valence-corrected chi connectivity index (χ1v) is 8.40. The molecule has 0 saturated carbocycles. The topological polar surface area (TPSA) is 45.2 Å². The highest BCUT2D eigenvalue weighted by atomic mass is 19.1. The number of rotatable bonds is 6. The summed E-state index contributed by atoms with van der Waals surface area (Å²) in [6, 6.07) is 7.04. The van der Waals surface area contributed by atoms with Gasteiger partial charge in [-0.25, -0.2) is 4.39 Å². The number of carbonyl (C=O) groups is 1. The highest BCUT2D eigenvalue weighted by Gasteiger charge is 2.15. The summed E-state index contributed by atoms with van der Waals surface area (Å²) in [5, 5.41) is 3.72. The molecule has 0 atom stereocenters. The zero-order valence-electron chi connectivity index (χ0n) is 15.1. The number of hydrogen-bond acceptors (Lipinski definition) is 3. The molecule has 1 N–H and O–H groups in total. The number of aryl methyl sites for hydroxylation is 1. The van der Waals surface area contributed by atoms with Gasteiger partial charge in [-0.3, -0.25) is 14.7 Å². The van der Waals surface area contributed by atoms with Crippen molar-refractivity contribution in [1.82, 2.24) is 15.2 Å². The first kappa shape index (κ1) is 18.3. The average molecular weight is 331 g/mol. The lowest BCUT2D eigenvalue weighted by Gasteiger charge is -2.30. The average Bonchev–Trinajstić information content (AvgIpc) is 2.49. The van der Waals surface area contributed by atoms with E-state index in [1.165, 1.54) is 12.1 Å². The second-order valence-corrected chi connectivity index (χ2v) is 6.64. The third kappa shape index (κ3) is 4.29. The summed E-state index contributed by atoms with van der Waals surface area (Å²) in [6.07, 6.45) is 0. The second-order valence-electron chi connectivity index (χ2n) is 6.64. The molecule has 0 unspecified atom stereocenters. The molecule has 0 aliphatic heterocycles. The van der Waals surface area contributed by atoms with Gasteiger partial charge in [-0.1, -0.05) is 0 Å². The first-order chi connectivity index (χ1) is 11.3. The van der Waals surface area contributed by atoms with Crippen LogP contribution in [0.5, 0.6) is 0 Å². The van der Waals surface area contributed by atoms with E-state index in [1.54, 1.807) is 19.1 Å². The number of nitrogens with one attached hydrogen (secondary N) is 1. The predicted molar refractivity (Wildman–Crippen MR) is 95.7 cm³/mol. The molecule has 130 valence electrons. The Morgan fingerprint density at radius 2 is 1.88 bits per heavy atom. The summed E-state index contributed by atoms with van der Waals surface area (Å²) in [5.41, 5.74) is 1.71. The molecule has 0 radical (unpaired) electrons. The van der Waals surface area contributed by atoms with Crippen LogP contribution in [0.25, 0.3) is 10.9 Å². The maximum absolute atomic E-state index is 13.3. The van der Waals surface area contributed by atoms with Crippen molar-refractivity contribution in [1.29, 1.82) is 0 Å². The van der Waals surface area contributed by atoms with Crippen molar-refractivity contribution in [3.05, 3.63) is 41.3 Å². The number of aromatic nitrogens is 1. The van der Waals surface area contributed by atoms with Crippen LogP contribution in [-0.4, -0.2) is 41.0 Å². The van der Waals surface area contributed by atoms with Gasteiger partial charge in [0.05, 0.1) is 16.8 Å². The minimum Gasteiger partial charge on any atom is -0.351 e. The van der Waals surface area contributed by atoms with Gasteiger partial charge in [-0.15, -0.1) is 0 Å². The standard InChI is InChI=1S/C19H26FN3O/c1-12(2)23(13(3)4)9-8-21-19(24)17-10-15-6-7-16(20)11-18(15)22-14(17)5/h6-7,10-13H,8-9H2,1-5H3,(H,21,24). The molecule has 1 aromatic heterocycles. The van der Waals surface area contributed by atoms with E-state index in [4.69, 9.17) is 0 Å². The lowest BCUT2D eigenvalue weighted by Crippen LogP contribution is -2.42. The molecule has 0 aliphatic rings. The SMILES string of the molecule is Cc1nc2cc(F)ccc2cc1C(=O)NCCN(C(C)C)C(C)C. The summed E-state index contributed by atoms with van der Waals surface area (Å²) < 4.78 is 13.3. The van der Waals surface area contributed by atoms with Crippen molar-refractivity contribution >= 4 is 16.8 Å². The van der Waals surface area contributed by atoms with E-state index in [-0.39, 0.29) is 11.7 Å². The summed E-state index contributed by atoms with van der Waals surface area (Å²) in [6.45, 7) is 11.8. The molecule has 1 heterocycles. The van der Waals surface area contributed by atoms with Crippen molar-refractivity contribution < 1.29 is 9.18 Å². The molecule has 0 saturated heterocycles. The van der Waals surface area contributed by atoms with E-state index in [9.17, 15) is 9.18 Å². The summed E-state index contributed by atoms with van der Waals surface area (Å²) in [4.78, 5) is 19.1. The molecule has 0 spiro atoms. The number of hydrogen-bond donors (Lipinski definition) is 1. The van der Waals surface area contributed by atoms with Gasteiger partial charge in [0, 0.05) is 36.6 Å². The number of nitrogens with zero attached hydrogens (tertiary/aromatic N) is 2. The Morgan fingerprint density at radius 3 is 2.50 bits per heavy atom. The van der Waals surface area contributed by atoms with E-state index in [0.717, 1.165) is 11.9 Å². The number of benzene rings is 1. The molecule has 2 rings (SSSR count). The molecule has 5 heteroatoms. The lowest BCUT2D eigenvalue weighted by molar-refractivity contribution is 0.0938. The van der Waals surface area contributed by atoms with Crippen LogP contribution in [-0.2, 0) is 0 Å². The molecule has 0 fully saturated rings. The van der Waals surface area contributed by atoms with E-state index in [0.29, 0.717) is 35.4 Å². The Kier molecular flexibility index (Phi) is 5.89. The molecule has 24 heavy (non-hydrogen) atoms. The Hall–Kier alpha value is -2.01. The molecule has 4 nitrogen and oxygen atoms in total. The van der Waals surface area contributed by atoms with Crippen molar-refractivity contribution in [2.24, 2.45) is 0 Å². The summed E-state index contributed by atoms with van der Waals surface area (Å²) in [7, 11) is 0. The van der Waals surface area contributed by atoms with Crippen molar-refractivity contribution in [2.45, 2.75) is 46.7 Å². The lowest BCUT2D eigenvalue weighted by atomic mass is 10.1. The second kappa shape index (κ2) is 7.71. The van der Waals surface area contributed by atoms with Crippen LogP contribution < -0.4 is 5.32 Å². The van der Waals surface area contributed by atoms with Gasteiger partial charge >= 0.3 is 0 Å². The number of carbonyl (C=O) groups excluding carboxylic acids is 1. The number of pyridine rings is 1. The zero-order valence-corrected chi connectivity index (χ0v) is 15.1. The van der Waals surface area contributed by atoms with E-state index < -0.39 is 0 Å². The van der Waals surface area contributed by atoms with Gasteiger partial charge in [-0.05, 0) is 52.8 Å². The minimum absolute atomic E-state index is 0.140. The van der Waals surface area contributed by atoms with Crippen molar-refractivity contribution in [3.63, 3.8) is 0 Å². The van der Waals surface area contributed by atoms with Crippen LogP contribution in [0.4, 0.5) is 4.39 Å². The van der Waals surface area contributed by atoms with E-state index in [2.05, 4.69) is 42.9 Å². The highest BCUT2D eigenvalue weighted by molar-refractivity contribution is 5.98. The Labute approximate surface area is 143 Å².